The fourth-order valence-corrected chi connectivity index (χ4v) is 2.89. The predicted octanol–water partition coefficient (Wildman–Crippen LogP) is 3.41. The highest BCUT2D eigenvalue weighted by Crippen LogP contribution is 2.33. The molecule has 1 saturated heterocycles. The number of rotatable bonds is 2. The zero-order valence-electron chi connectivity index (χ0n) is 13.4. The summed E-state index contributed by atoms with van der Waals surface area (Å²) in [6.07, 6.45) is -0.501. The summed E-state index contributed by atoms with van der Waals surface area (Å²) in [4.78, 5) is 14.2. The van der Waals surface area contributed by atoms with Crippen molar-refractivity contribution in [3.63, 3.8) is 0 Å². The number of morpholine rings is 1. The average molecular weight is 363 g/mol. The van der Waals surface area contributed by atoms with Crippen LogP contribution in [0.15, 0.2) is 12.1 Å². The van der Waals surface area contributed by atoms with Gasteiger partial charge in [-0.2, -0.15) is 0 Å². The number of carbonyl (C=O) groups is 1. The summed E-state index contributed by atoms with van der Waals surface area (Å²) in [5.41, 5.74) is 6.19. The number of ether oxygens (including phenoxy) is 1. The van der Waals surface area contributed by atoms with Crippen molar-refractivity contribution in [2.45, 2.75) is 32.9 Å². The van der Waals surface area contributed by atoms with Crippen molar-refractivity contribution >= 4 is 29.1 Å². The molecule has 128 valence electrons. The molecular weight excluding hydrogens is 342 g/mol. The van der Waals surface area contributed by atoms with E-state index in [1.54, 1.807) is 4.90 Å². The Balaban J connectivity index is 2.19. The number of amides is 1. The van der Waals surface area contributed by atoms with E-state index in [-0.39, 0.29) is 22.9 Å². The molecular formula is C16H21Cl2FN2O2. The lowest BCUT2D eigenvalue weighted by molar-refractivity contribution is -0.142. The zero-order valence-corrected chi connectivity index (χ0v) is 14.9. The van der Waals surface area contributed by atoms with Crippen LogP contribution in [-0.2, 0) is 9.53 Å². The summed E-state index contributed by atoms with van der Waals surface area (Å²) in [5.74, 6) is -0.708. The van der Waals surface area contributed by atoms with Crippen LogP contribution in [0.25, 0.3) is 0 Å². The molecule has 7 heteroatoms. The number of hydrogen-bond acceptors (Lipinski definition) is 3. The molecule has 1 unspecified atom stereocenters. The van der Waals surface area contributed by atoms with Gasteiger partial charge in [-0.25, -0.2) is 4.39 Å². The summed E-state index contributed by atoms with van der Waals surface area (Å²) in [7, 11) is 0. The summed E-state index contributed by atoms with van der Waals surface area (Å²) < 4.78 is 19.4. The number of carbonyl (C=O) groups excluding carboxylic acids is 1. The molecule has 1 aliphatic heterocycles. The smallest absolute Gasteiger partial charge is 0.240 e. The van der Waals surface area contributed by atoms with Gasteiger partial charge >= 0.3 is 0 Å². The number of nitrogens with two attached hydrogens (primary N) is 1. The van der Waals surface area contributed by atoms with Crippen molar-refractivity contribution in [3.05, 3.63) is 33.6 Å². The SMILES string of the molecule is CC(C)(C)[C@H](N)C(=O)N1CCOC(c2cc(F)c(Cl)cc2Cl)C1. The number of nitrogens with zero attached hydrogens (tertiary/aromatic N) is 1. The molecule has 0 bridgehead atoms. The second kappa shape index (κ2) is 6.93. The lowest BCUT2D eigenvalue weighted by atomic mass is 9.86. The summed E-state index contributed by atoms with van der Waals surface area (Å²) in [5, 5.41) is 0.271. The number of halogens is 3. The minimum Gasteiger partial charge on any atom is -0.370 e. The fourth-order valence-electron chi connectivity index (χ4n) is 2.39. The Hall–Kier alpha value is -0.880. The van der Waals surface area contributed by atoms with E-state index in [2.05, 4.69) is 0 Å². The monoisotopic (exact) mass is 362 g/mol. The molecule has 0 radical (unpaired) electrons. The summed E-state index contributed by atoms with van der Waals surface area (Å²) in [6, 6.07) is 1.99. The standard InChI is InChI=1S/C16H21Cl2FN2O2/c1-16(2,3)14(20)15(22)21-4-5-23-13(8-21)9-6-12(19)11(18)7-10(9)17/h6-7,13-14H,4-5,8,20H2,1-3H3/t13?,14-/m1/s1. The van der Waals surface area contributed by atoms with Gasteiger partial charge in [-0.15, -0.1) is 0 Å². The average Bonchev–Trinajstić information content (AvgIpc) is 2.48. The third kappa shape index (κ3) is 4.15. The highest BCUT2D eigenvalue weighted by atomic mass is 35.5. The van der Waals surface area contributed by atoms with Crippen molar-refractivity contribution in [1.82, 2.24) is 4.90 Å². The molecule has 4 nitrogen and oxygen atoms in total. The van der Waals surface area contributed by atoms with E-state index in [0.29, 0.717) is 23.7 Å². The van der Waals surface area contributed by atoms with Crippen LogP contribution in [0.1, 0.15) is 32.4 Å². The largest absolute Gasteiger partial charge is 0.370 e. The van der Waals surface area contributed by atoms with Crippen molar-refractivity contribution in [2.24, 2.45) is 11.1 Å². The summed E-state index contributed by atoms with van der Waals surface area (Å²) >= 11 is 11.9. The Morgan fingerprint density at radius 3 is 2.65 bits per heavy atom. The molecule has 1 aromatic carbocycles. The molecule has 0 saturated carbocycles. The van der Waals surface area contributed by atoms with Crippen molar-refractivity contribution in [3.8, 4) is 0 Å². The Bertz CT molecular complexity index is 604. The minimum absolute atomic E-state index is 0.0442. The molecule has 0 aliphatic carbocycles. The fraction of sp³-hybridized carbons (Fsp3) is 0.562. The zero-order chi connectivity index (χ0) is 17.4. The van der Waals surface area contributed by atoms with Gasteiger partial charge in [0.2, 0.25) is 5.91 Å². The van der Waals surface area contributed by atoms with Crippen LogP contribution < -0.4 is 5.73 Å². The first-order chi connectivity index (χ1) is 10.6. The highest BCUT2D eigenvalue weighted by molar-refractivity contribution is 6.35. The van der Waals surface area contributed by atoms with Crippen LogP contribution in [0, 0.1) is 11.2 Å². The molecule has 0 spiro atoms. The highest BCUT2D eigenvalue weighted by Gasteiger charge is 2.34. The van der Waals surface area contributed by atoms with Crippen LogP contribution in [0.4, 0.5) is 4.39 Å². The van der Waals surface area contributed by atoms with Crippen LogP contribution >= 0.6 is 23.2 Å². The molecule has 0 aromatic heterocycles. The first-order valence-electron chi connectivity index (χ1n) is 7.41. The van der Waals surface area contributed by atoms with Gasteiger partial charge in [0.15, 0.2) is 0 Å². The lowest BCUT2D eigenvalue weighted by Gasteiger charge is -2.37. The summed E-state index contributed by atoms with van der Waals surface area (Å²) in [6.45, 7) is 6.82. The van der Waals surface area contributed by atoms with Gasteiger partial charge in [0.25, 0.3) is 0 Å². The van der Waals surface area contributed by atoms with Gasteiger partial charge in [-0.1, -0.05) is 44.0 Å². The number of hydrogen-bond donors (Lipinski definition) is 1. The third-order valence-corrected chi connectivity index (χ3v) is 4.58. The van der Waals surface area contributed by atoms with Crippen LogP contribution in [0.3, 0.4) is 0 Å². The third-order valence-electron chi connectivity index (χ3n) is 3.96. The van der Waals surface area contributed by atoms with Gasteiger partial charge in [0.1, 0.15) is 11.9 Å². The van der Waals surface area contributed by atoms with E-state index < -0.39 is 18.0 Å². The molecule has 23 heavy (non-hydrogen) atoms. The molecule has 1 heterocycles. The predicted molar refractivity (Wildman–Crippen MR) is 89.1 cm³/mol. The van der Waals surface area contributed by atoms with Crippen LogP contribution in [0.5, 0.6) is 0 Å². The van der Waals surface area contributed by atoms with E-state index in [4.69, 9.17) is 33.7 Å². The van der Waals surface area contributed by atoms with Crippen molar-refractivity contribution in [2.75, 3.05) is 19.7 Å². The van der Waals surface area contributed by atoms with Crippen molar-refractivity contribution in [1.29, 1.82) is 0 Å². The normalized spacial score (nSPS) is 20.5. The molecule has 2 atom stereocenters. The Labute approximate surface area is 145 Å². The molecule has 2 N–H and O–H groups in total. The van der Waals surface area contributed by atoms with Gasteiger partial charge in [0, 0.05) is 17.1 Å². The van der Waals surface area contributed by atoms with E-state index >= 15 is 0 Å². The van der Waals surface area contributed by atoms with Gasteiger partial charge in [-0.05, 0) is 17.5 Å². The van der Waals surface area contributed by atoms with Crippen molar-refractivity contribution < 1.29 is 13.9 Å². The quantitative estimate of drug-likeness (QED) is 0.820. The second-order valence-electron chi connectivity index (χ2n) is 6.78. The maximum absolute atomic E-state index is 13.7. The topological polar surface area (TPSA) is 55.6 Å². The Kier molecular flexibility index (Phi) is 5.56. The first kappa shape index (κ1) is 18.5. The second-order valence-corrected chi connectivity index (χ2v) is 7.59. The van der Waals surface area contributed by atoms with Gasteiger partial charge in [-0.3, -0.25) is 4.79 Å². The van der Waals surface area contributed by atoms with E-state index in [1.165, 1.54) is 12.1 Å². The maximum Gasteiger partial charge on any atom is 0.240 e. The van der Waals surface area contributed by atoms with Gasteiger partial charge in [0.05, 0.1) is 24.2 Å². The molecule has 2 rings (SSSR count). The molecule has 1 aliphatic rings. The minimum atomic E-state index is -0.612. The maximum atomic E-state index is 13.7. The van der Waals surface area contributed by atoms with Crippen LogP contribution in [0.2, 0.25) is 10.0 Å². The first-order valence-corrected chi connectivity index (χ1v) is 8.17. The van der Waals surface area contributed by atoms with E-state index in [1.807, 2.05) is 20.8 Å². The number of benzene rings is 1. The molecule has 1 aromatic rings. The molecule has 1 amide bonds. The van der Waals surface area contributed by atoms with Gasteiger partial charge < -0.3 is 15.4 Å². The van der Waals surface area contributed by atoms with Crippen LogP contribution in [-0.4, -0.2) is 36.5 Å². The van der Waals surface area contributed by atoms with E-state index in [9.17, 15) is 9.18 Å². The lowest BCUT2D eigenvalue weighted by Crippen LogP contribution is -2.53. The van der Waals surface area contributed by atoms with E-state index in [0.717, 1.165) is 0 Å². The molecule has 1 fully saturated rings. The Morgan fingerprint density at radius 2 is 2.04 bits per heavy atom. The Morgan fingerprint density at radius 1 is 1.39 bits per heavy atom.